The number of nitrogens with zero attached hydrogens (tertiary/aromatic N) is 1. The summed E-state index contributed by atoms with van der Waals surface area (Å²) in [4.78, 5) is 2.28. The number of hydrogen-bond acceptors (Lipinski definition) is 1. The molecule has 2 rings (SSSR count). The quantitative estimate of drug-likeness (QED) is 0.729. The maximum absolute atomic E-state index is 13.6. The van der Waals surface area contributed by atoms with Gasteiger partial charge in [-0.05, 0) is 43.5 Å². The molecule has 0 unspecified atom stereocenters. The van der Waals surface area contributed by atoms with Gasteiger partial charge in [0.15, 0.2) is 11.6 Å². The van der Waals surface area contributed by atoms with Crippen LogP contribution >= 0.6 is 0 Å². The SMILES string of the molecule is C=CCN1CCC(c2cccc(F)c2F)CC1. The molecule has 0 N–H and O–H groups in total. The summed E-state index contributed by atoms with van der Waals surface area (Å²) in [5.41, 5.74) is 0.531. The molecule has 1 nitrogen and oxygen atoms in total. The third-order valence-electron chi connectivity index (χ3n) is 3.40. The highest BCUT2D eigenvalue weighted by atomic mass is 19.2. The van der Waals surface area contributed by atoms with Crippen LogP contribution in [-0.2, 0) is 0 Å². The lowest BCUT2D eigenvalue weighted by molar-refractivity contribution is 0.230. The maximum atomic E-state index is 13.6. The van der Waals surface area contributed by atoms with Gasteiger partial charge in [-0.25, -0.2) is 8.78 Å². The average Bonchev–Trinajstić information content (AvgIpc) is 2.34. The molecule has 1 aliphatic rings. The van der Waals surface area contributed by atoms with Gasteiger partial charge in [-0.2, -0.15) is 0 Å². The van der Waals surface area contributed by atoms with Crippen molar-refractivity contribution in [3.63, 3.8) is 0 Å². The molecule has 1 saturated heterocycles. The van der Waals surface area contributed by atoms with E-state index in [1.807, 2.05) is 6.08 Å². The predicted octanol–water partition coefficient (Wildman–Crippen LogP) is 3.33. The lowest BCUT2D eigenvalue weighted by Gasteiger charge is -2.31. The Morgan fingerprint density at radius 2 is 2.00 bits per heavy atom. The minimum absolute atomic E-state index is 0.145. The molecule has 3 heteroatoms. The van der Waals surface area contributed by atoms with E-state index in [4.69, 9.17) is 0 Å². The zero-order chi connectivity index (χ0) is 12.3. The highest BCUT2D eigenvalue weighted by molar-refractivity contribution is 5.23. The largest absolute Gasteiger partial charge is 0.300 e. The summed E-state index contributed by atoms with van der Waals surface area (Å²) in [5, 5.41) is 0. The fourth-order valence-electron chi connectivity index (χ4n) is 2.44. The zero-order valence-corrected chi connectivity index (χ0v) is 9.83. The van der Waals surface area contributed by atoms with Crippen LogP contribution in [0.25, 0.3) is 0 Å². The van der Waals surface area contributed by atoms with Crippen LogP contribution in [0, 0.1) is 11.6 Å². The second kappa shape index (κ2) is 5.41. The van der Waals surface area contributed by atoms with E-state index >= 15 is 0 Å². The molecular weight excluding hydrogens is 220 g/mol. The van der Waals surface area contributed by atoms with Crippen LogP contribution < -0.4 is 0 Å². The van der Waals surface area contributed by atoms with Gasteiger partial charge in [0, 0.05) is 6.54 Å². The van der Waals surface area contributed by atoms with Crippen molar-refractivity contribution in [1.82, 2.24) is 4.90 Å². The minimum atomic E-state index is -0.740. The van der Waals surface area contributed by atoms with Crippen LogP contribution in [0.5, 0.6) is 0 Å². The normalized spacial score (nSPS) is 18.2. The van der Waals surface area contributed by atoms with Crippen LogP contribution in [0.3, 0.4) is 0 Å². The molecule has 1 aromatic carbocycles. The van der Waals surface area contributed by atoms with Gasteiger partial charge in [0.25, 0.3) is 0 Å². The van der Waals surface area contributed by atoms with Crippen molar-refractivity contribution in [2.75, 3.05) is 19.6 Å². The smallest absolute Gasteiger partial charge is 0.162 e. The lowest BCUT2D eigenvalue weighted by atomic mass is 9.89. The highest BCUT2D eigenvalue weighted by Crippen LogP contribution is 2.30. The van der Waals surface area contributed by atoms with Crippen molar-refractivity contribution in [3.8, 4) is 0 Å². The summed E-state index contributed by atoms with van der Waals surface area (Å²) in [7, 11) is 0. The van der Waals surface area contributed by atoms with E-state index in [9.17, 15) is 8.78 Å². The standard InChI is InChI=1S/C14H17F2N/c1-2-8-17-9-6-11(7-10-17)12-4-3-5-13(15)14(12)16/h2-5,11H,1,6-10H2. The molecule has 0 aliphatic carbocycles. The Hall–Kier alpha value is -1.22. The number of rotatable bonds is 3. The van der Waals surface area contributed by atoms with Gasteiger partial charge in [0.1, 0.15) is 0 Å². The van der Waals surface area contributed by atoms with Gasteiger partial charge >= 0.3 is 0 Å². The van der Waals surface area contributed by atoms with Gasteiger partial charge in [-0.1, -0.05) is 18.2 Å². The van der Waals surface area contributed by atoms with E-state index in [0.29, 0.717) is 5.56 Å². The number of piperidine rings is 1. The van der Waals surface area contributed by atoms with Gasteiger partial charge in [-0.3, -0.25) is 4.90 Å². The highest BCUT2D eigenvalue weighted by Gasteiger charge is 2.23. The van der Waals surface area contributed by atoms with Crippen molar-refractivity contribution < 1.29 is 8.78 Å². The van der Waals surface area contributed by atoms with E-state index in [-0.39, 0.29) is 5.92 Å². The van der Waals surface area contributed by atoms with Crippen LogP contribution in [0.2, 0.25) is 0 Å². The van der Waals surface area contributed by atoms with Gasteiger partial charge in [-0.15, -0.1) is 6.58 Å². The van der Waals surface area contributed by atoms with Gasteiger partial charge in [0.2, 0.25) is 0 Å². The molecule has 17 heavy (non-hydrogen) atoms. The van der Waals surface area contributed by atoms with Crippen LogP contribution in [0.15, 0.2) is 30.9 Å². The monoisotopic (exact) mass is 237 g/mol. The molecule has 0 bridgehead atoms. The van der Waals surface area contributed by atoms with Crippen molar-refractivity contribution in [2.24, 2.45) is 0 Å². The molecule has 1 aromatic rings. The van der Waals surface area contributed by atoms with E-state index in [0.717, 1.165) is 32.5 Å². The van der Waals surface area contributed by atoms with E-state index in [1.165, 1.54) is 6.07 Å². The molecule has 1 heterocycles. The Labute approximate surface area is 101 Å². The molecule has 0 amide bonds. The van der Waals surface area contributed by atoms with Crippen LogP contribution in [0.4, 0.5) is 8.78 Å². The first-order valence-electron chi connectivity index (χ1n) is 5.99. The third-order valence-corrected chi connectivity index (χ3v) is 3.40. The topological polar surface area (TPSA) is 3.24 Å². The maximum Gasteiger partial charge on any atom is 0.162 e. The number of halogens is 2. The predicted molar refractivity (Wildman–Crippen MR) is 65.0 cm³/mol. The fraction of sp³-hybridized carbons (Fsp3) is 0.429. The molecule has 0 saturated carbocycles. The Morgan fingerprint density at radius 1 is 1.29 bits per heavy atom. The lowest BCUT2D eigenvalue weighted by Crippen LogP contribution is -2.33. The van der Waals surface area contributed by atoms with Gasteiger partial charge in [0.05, 0.1) is 0 Å². The molecule has 1 fully saturated rings. The van der Waals surface area contributed by atoms with E-state index in [1.54, 1.807) is 12.1 Å². The van der Waals surface area contributed by atoms with Gasteiger partial charge < -0.3 is 0 Å². The first-order chi connectivity index (χ1) is 8.22. The summed E-state index contributed by atoms with van der Waals surface area (Å²) in [6.07, 6.45) is 3.64. The van der Waals surface area contributed by atoms with Crippen molar-refractivity contribution in [2.45, 2.75) is 18.8 Å². The van der Waals surface area contributed by atoms with Crippen molar-refractivity contribution >= 4 is 0 Å². The van der Waals surface area contributed by atoms with E-state index < -0.39 is 11.6 Å². The molecule has 0 atom stereocenters. The van der Waals surface area contributed by atoms with Crippen molar-refractivity contribution in [1.29, 1.82) is 0 Å². The third kappa shape index (κ3) is 2.72. The molecule has 92 valence electrons. The Balaban J connectivity index is 2.05. The summed E-state index contributed by atoms with van der Waals surface area (Å²) < 4.78 is 26.8. The first kappa shape index (κ1) is 12.2. The molecule has 1 aliphatic heterocycles. The molecule has 0 aromatic heterocycles. The molecular formula is C14H17F2N. The summed E-state index contributed by atoms with van der Waals surface area (Å²) in [5.74, 6) is -1.27. The van der Waals surface area contributed by atoms with E-state index in [2.05, 4.69) is 11.5 Å². The zero-order valence-electron chi connectivity index (χ0n) is 9.83. The number of benzene rings is 1. The Morgan fingerprint density at radius 3 is 2.65 bits per heavy atom. The summed E-state index contributed by atoms with van der Waals surface area (Å²) >= 11 is 0. The number of likely N-dealkylation sites (tertiary alicyclic amines) is 1. The average molecular weight is 237 g/mol. The Kier molecular flexibility index (Phi) is 3.89. The fourth-order valence-corrected chi connectivity index (χ4v) is 2.44. The summed E-state index contributed by atoms with van der Waals surface area (Å²) in [6.45, 7) is 6.43. The minimum Gasteiger partial charge on any atom is -0.300 e. The van der Waals surface area contributed by atoms with Crippen LogP contribution in [-0.4, -0.2) is 24.5 Å². The Bertz CT molecular complexity index is 395. The summed E-state index contributed by atoms with van der Waals surface area (Å²) in [6, 6.07) is 4.46. The number of hydrogen-bond donors (Lipinski definition) is 0. The first-order valence-corrected chi connectivity index (χ1v) is 5.99. The second-order valence-electron chi connectivity index (χ2n) is 4.51. The van der Waals surface area contributed by atoms with Crippen LogP contribution in [0.1, 0.15) is 24.3 Å². The van der Waals surface area contributed by atoms with Crippen molar-refractivity contribution in [3.05, 3.63) is 48.1 Å². The molecule has 0 spiro atoms. The second-order valence-corrected chi connectivity index (χ2v) is 4.51. The molecule has 0 radical (unpaired) electrons.